The number of fused-ring (bicyclic) bond motifs is 1. The van der Waals surface area contributed by atoms with E-state index in [9.17, 15) is 13.2 Å². The SMILES string of the molecule is Cc1ccc(C)c(S(=O)(=O)Oc2ccc(C(=O)Oc3cccc4ccc(C)nc34)cc2)c1. The van der Waals surface area contributed by atoms with E-state index in [1.54, 1.807) is 31.2 Å². The highest BCUT2D eigenvalue weighted by Gasteiger charge is 2.20. The van der Waals surface area contributed by atoms with E-state index in [2.05, 4.69) is 4.98 Å². The molecule has 0 saturated heterocycles. The van der Waals surface area contributed by atoms with Crippen LogP contribution in [0.4, 0.5) is 0 Å². The van der Waals surface area contributed by atoms with E-state index in [1.807, 2.05) is 38.1 Å². The fourth-order valence-electron chi connectivity index (χ4n) is 3.25. The Morgan fingerprint density at radius 1 is 0.875 bits per heavy atom. The third-order valence-corrected chi connectivity index (χ3v) is 6.32. The number of nitrogens with zero attached hydrogens (tertiary/aromatic N) is 1. The quantitative estimate of drug-likeness (QED) is 0.239. The van der Waals surface area contributed by atoms with E-state index < -0.39 is 16.1 Å². The van der Waals surface area contributed by atoms with Gasteiger partial charge >= 0.3 is 16.1 Å². The van der Waals surface area contributed by atoms with Gasteiger partial charge in [-0.3, -0.25) is 0 Å². The maximum atomic E-state index is 12.7. The number of pyridine rings is 1. The van der Waals surface area contributed by atoms with Crippen LogP contribution in [0.25, 0.3) is 10.9 Å². The second-order valence-corrected chi connectivity index (χ2v) is 9.02. The lowest BCUT2D eigenvalue weighted by atomic mass is 10.2. The lowest BCUT2D eigenvalue weighted by Gasteiger charge is -2.11. The van der Waals surface area contributed by atoms with Crippen LogP contribution in [0.3, 0.4) is 0 Å². The molecular formula is C25H21NO5S. The van der Waals surface area contributed by atoms with Crippen LogP contribution in [0, 0.1) is 20.8 Å². The van der Waals surface area contributed by atoms with Crippen LogP contribution in [0.5, 0.6) is 11.5 Å². The van der Waals surface area contributed by atoms with Crippen LogP contribution < -0.4 is 8.92 Å². The van der Waals surface area contributed by atoms with Gasteiger partial charge in [0.25, 0.3) is 0 Å². The van der Waals surface area contributed by atoms with Crippen molar-refractivity contribution in [2.45, 2.75) is 25.7 Å². The minimum Gasteiger partial charge on any atom is -0.421 e. The Bertz CT molecular complexity index is 1430. The summed E-state index contributed by atoms with van der Waals surface area (Å²) in [6.07, 6.45) is 0. The molecule has 0 aliphatic rings. The molecule has 0 atom stereocenters. The molecule has 0 unspecified atom stereocenters. The number of para-hydroxylation sites is 1. The van der Waals surface area contributed by atoms with E-state index in [-0.39, 0.29) is 16.2 Å². The van der Waals surface area contributed by atoms with Gasteiger partial charge in [0.2, 0.25) is 0 Å². The molecule has 0 N–H and O–H groups in total. The summed E-state index contributed by atoms with van der Waals surface area (Å²) < 4.78 is 36.1. The fraction of sp³-hybridized carbons (Fsp3) is 0.120. The molecule has 162 valence electrons. The van der Waals surface area contributed by atoms with Gasteiger partial charge in [-0.05, 0) is 74.4 Å². The van der Waals surface area contributed by atoms with Crippen LogP contribution >= 0.6 is 0 Å². The van der Waals surface area contributed by atoms with E-state index >= 15 is 0 Å². The van der Waals surface area contributed by atoms with Gasteiger partial charge in [0.05, 0.1) is 5.56 Å². The van der Waals surface area contributed by atoms with Gasteiger partial charge in [0, 0.05) is 11.1 Å². The summed E-state index contributed by atoms with van der Waals surface area (Å²) in [6, 6.07) is 20.1. The number of hydrogen-bond acceptors (Lipinski definition) is 6. The number of ether oxygens (including phenoxy) is 1. The second-order valence-electron chi connectivity index (χ2n) is 7.50. The monoisotopic (exact) mass is 447 g/mol. The number of aromatic nitrogens is 1. The van der Waals surface area contributed by atoms with Gasteiger partial charge in [0.1, 0.15) is 16.2 Å². The molecule has 0 radical (unpaired) electrons. The number of aryl methyl sites for hydroxylation is 3. The standard InChI is InChI=1S/C25H21NO5S/c1-16-7-8-17(2)23(15-16)32(28,29)31-21-13-11-20(12-14-21)25(27)30-22-6-4-5-19-10-9-18(3)26-24(19)22/h4-15H,1-3H3. The molecular weight excluding hydrogens is 426 g/mol. The molecule has 1 aromatic heterocycles. The Hall–Kier alpha value is -3.71. The normalized spacial score (nSPS) is 11.3. The van der Waals surface area contributed by atoms with Crippen LogP contribution in [-0.2, 0) is 10.1 Å². The lowest BCUT2D eigenvalue weighted by molar-refractivity contribution is 0.0736. The molecule has 0 spiro atoms. The highest BCUT2D eigenvalue weighted by molar-refractivity contribution is 7.87. The van der Waals surface area contributed by atoms with Crippen molar-refractivity contribution in [3.63, 3.8) is 0 Å². The summed E-state index contributed by atoms with van der Waals surface area (Å²) in [7, 11) is -4.00. The first-order chi connectivity index (χ1) is 15.2. The first kappa shape index (κ1) is 21.5. The van der Waals surface area contributed by atoms with Crippen molar-refractivity contribution >= 4 is 27.0 Å². The van der Waals surface area contributed by atoms with Crippen LogP contribution in [-0.4, -0.2) is 19.4 Å². The van der Waals surface area contributed by atoms with Crippen molar-refractivity contribution in [2.24, 2.45) is 0 Å². The zero-order chi connectivity index (χ0) is 22.9. The van der Waals surface area contributed by atoms with Gasteiger partial charge in [-0.1, -0.05) is 30.3 Å². The van der Waals surface area contributed by atoms with Crippen molar-refractivity contribution in [3.05, 3.63) is 95.2 Å². The zero-order valence-corrected chi connectivity index (χ0v) is 18.6. The Balaban J connectivity index is 1.53. The Kier molecular flexibility index (Phi) is 5.67. The van der Waals surface area contributed by atoms with Crippen molar-refractivity contribution < 1.29 is 22.1 Å². The van der Waals surface area contributed by atoms with Crippen molar-refractivity contribution in [3.8, 4) is 11.5 Å². The van der Waals surface area contributed by atoms with Crippen molar-refractivity contribution in [1.29, 1.82) is 0 Å². The molecule has 6 nitrogen and oxygen atoms in total. The Morgan fingerprint density at radius 2 is 1.62 bits per heavy atom. The number of carbonyl (C=O) groups is 1. The predicted molar refractivity (Wildman–Crippen MR) is 122 cm³/mol. The average molecular weight is 448 g/mol. The number of benzene rings is 3. The maximum absolute atomic E-state index is 12.7. The number of rotatable bonds is 5. The molecule has 3 aromatic carbocycles. The molecule has 7 heteroatoms. The largest absolute Gasteiger partial charge is 0.421 e. The van der Waals surface area contributed by atoms with Crippen LogP contribution in [0.1, 0.15) is 27.2 Å². The minimum absolute atomic E-state index is 0.102. The second kappa shape index (κ2) is 8.43. The molecule has 4 aromatic rings. The van der Waals surface area contributed by atoms with E-state index in [1.165, 1.54) is 24.3 Å². The molecule has 0 bridgehead atoms. The van der Waals surface area contributed by atoms with Gasteiger partial charge in [0.15, 0.2) is 5.75 Å². The predicted octanol–water partition coefficient (Wildman–Crippen LogP) is 5.15. The number of carbonyl (C=O) groups excluding carboxylic acids is 1. The van der Waals surface area contributed by atoms with E-state index in [4.69, 9.17) is 8.92 Å². The third-order valence-electron chi connectivity index (χ3n) is 4.93. The third kappa shape index (κ3) is 4.48. The van der Waals surface area contributed by atoms with Gasteiger partial charge in [-0.2, -0.15) is 8.42 Å². The highest BCUT2D eigenvalue weighted by Crippen LogP contribution is 2.26. The van der Waals surface area contributed by atoms with Gasteiger partial charge < -0.3 is 8.92 Å². The summed E-state index contributed by atoms with van der Waals surface area (Å²) in [4.78, 5) is 17.2. The smallest absolute Gasteiger partial charge is 0.343 e. The summed E-state index contributed by atoms with van der Waals surface area (Å²) in [5.74, 6) is -0.122. The van der Waals surface area contributed by atoms with Crippen LogP contribution in [0.2, 0.25) is 0 Å². The average Bonchev–Trinajstić information content (AvgIpc) is 2.76. The fourth-order valence-corrected chi connectivity index (χ4v) is 4.50. The molecule has 4 rings (SSSR count). The zero-order valence-electron chi connectivity index (χ0n) is 17.8. The number of esters is 1. The molecule has 0 aliphatic carbocycles. The topological polar surface area (TPSA) is 82.6 Å². The summed E-state index contributed by atoms with van der Waals surface area (Å²) in [5, 5.41) is 0.862. The highest BCUT2D eigenvalue weighted by atomic mass is 32.2. The molecule has 1 heterocycles. The van der Waals surface area contributed by atoms with Crippen LogP contribution in [0.15, 0.2) is 77.7 Å². The molecule has 0 amide bonds. The summed E-state index contributed by atoms with van der Waals surface area (Å²) in [6.45, 7) is 5.38. The minimum atomic E-state index is -4.00. The van der Waals surface area contributed by atoms with E-state index in [0.717, 1.165) is 16.6 Å². The van der Waals surface area contributed by atoms with Gasteiger partial charge in [-0.15, -0.1) is 0 Å². The maximum Gasteiger partial charge on any atom is 0.343 e. The summed E-state index contributed by atoms with van der Waals surface area (Å²) in [5.41, 5.74) is 3.07. The molecule has 0 fully saturated rings. The molecule has 0 aliphatic heterocycles. The van der Waals surface area contributed by atoms with Crippen molar-refractivity contribution in [1.82, 2.24) is 4.98 Å². The Labute approximate surface area is 186 Å². The van der Waals surface area contributed by atoms with Crippen molar-refractivity contribution in [2.75, 3.05) is 0 Å². The first-order valence-electron chi connectivity index (χ1n) is 9.93. The lowest BCUT2D eigenvalue weighted by Crippen LogP contribution is -2.12. The molecule has 0 saturated carbocycles. The van der Waals surface area contributed by atoms with E-state index in [0.29, 0.717) is 16.8 Å². The molecule has 32 heavy (non-hydrogen) atoms. The van der Waals surface area contributed by atoms with Gasteiger partial charge in [-0.25, -0.2) is 9.78 Å². The summed E-state index contributed by atoms with van der Waals surface area (Å²) >= 11 is 0. The number of hydrogen-bond donors (Lipinski definition) is 0. The Morgan fingerprint density at radius 3 is 2.38 bits per heavy atom. The first-order valence-corrected chi connectivity index (χ1v) is 11.3.